The number of carbonyl (C=O) groups excluding carboxylic acids is 1. The molecule has 0 aliphatic carbocycles. The average molecular weight is 401 g/mol. The smallest absolute Gasteiger partial charge is 0.277 e. The molecule has 5 rings (SSSR count). The first-order valence-corrected chi connectivity index (χ1v) is 10.6. The Labute approximate surface area is 172 Å². The van der Waals surface area contributed by atoms with Crippen molar-refractivity contribution in [2.75, 3.05) is 17.2 Å². The number of rotatable bonds is 4. The number of nitrogens with zero attached hydrogens (tertiary/aromatic N) is 3. The number of aryl methyl sites for hydroxylation is 1. The molecule has 0 atom stereocenters. The van der Waals surface area contributed by atoms with Crippen molar-refractivity contribution in [1.82, 2.24) is 10.2 Å². The van der Waals surface area contributed by atoms with Gasteiger partial charge in [-0.05, 0) is 47.4 Å². The van der Waals surface area contributed by atoms with Crippen LogP contribution in [0, 0.1) is 0 Å². The molecule has 2 heterocycles. The van der Waals surface area contributed by atoms with Crippen LogP contribution in [-0.4, -0.2) is 28.4 Å². The number of fused-ring (bicyclic) bond motifs is 2. The van der Waals surface area contributed by atoms with Gasteiger partial charge in [-0.25, -0.2) is 0 Å². The van der Waals surface area contributed by atoms with Crippen molar-refractivity contribution in [3.63, 3.8) is 0 Å². The number of hydrogen-bond donors (Lipinski definition) is 0. The van der Waals surface area contributed by atoms with E-state index in [2.05, 4.69) is 28.4 Å². The Hall–Kier alpha value is -3.12. The minimum Gasteiger partial charge on any atom is -0.411 e. The van der Waals surface area contributed by atoms with Gasteiger partial charge in [0, 0.05) is 17.8 Å². The normalized spacial score (nSPS) is 13.4. The molecule has 0 N–H and O–H groups in total. The van der Waals surface area contributed by atoms with Gasteiger partial charge in [0.25, 0.3) is 5.22 Å². The van der Waals surface area contributed by atoms with E-state index in [9.17, 15) is 4.79 Å². The van der Waals surface area contributed by atoms with E-state index in [4.69, 9.17) is 4.42 Å². The predicted molar refractivity (Wildman–Crippen MR) is 115 cm³/mol. The number of hydrogen-bond acceptors (Lipinski definition) is 5. The van der Waals surface area contributed by atoms with E-state index in [1.165, 1.54) is 17.3 Å². The molecule has 4 aromatic rings. The molecule has 144 valence electrons. The maximum atomic E-state index is 12.8. The lowest BCUT2D eigenvalue weighted by molar-refractivity contribution is -0.116. The quantitative estimate of drug-likeness (QED) is 0.452. The van der Waals surface area contributed by atoms with Gasteiger partial charge in [0.15, 0.2) is 0 Å². The fourth-order valence-corrected chi connectivity index (χ4v) is 4.34. The van der Waals surface area contributed by atoms with Gasteiger partial charge in [0.1, 0.15) is 0 Å². The van der Waals surface area contributed by atoms with Gasteiger partial charge in [-0.1, -0.05) is 60.3 Å². The number of thioether (sulfide) groups is 1. The van der Waals surface area contributed by atoms with Gasteiger partial charge >= 0.3 is 0 Å². The van der Waals surface area contributed by atoms with Gasteiger partial charge in [-0.2, -0.15) is 0 Å². The molecule has 0 saturated carbocycles. The van der Waals surface area contributed by atoms with Gasteiger partial charge in [0.2, 0.25) is 11.8 Å². The summed E-state index contributed by atoms with van der Waals surface area (Å²) >= 11 is 1.28. The van der Waals surface area contributed by atoms with Crippen LogP contribution in [0.1, 0.15) is 12.0 Å². The third-order valence-corrected chi connectivity index (χ3v) is 5.94. The van der Waals surface area contributed by atoms with E-state index in [1.54, 1.807) is 0 Å². The van der Waals surface area contributed by atoms with Crippen LogP contribution in [0.3, 0.4) is 0 Å². The summed E-state index contributed by atoms with van der Waals surface area (Å²) in [6.07, 6.45) is 2.01. The largest absolute Gasteiger partial charge is 0.411 e. The summed E-state index contributed by atoms with van der Waals surface area (Å²) in [5, 5.41) is 11.0. The van der Waals surface area contributed by atoms with Crippen molar-refractivity contribution in [3.05, 3.63) is 72.3 Å². The van der Waals surface area contributed by atoms with Crippen LogP contribution >= 0.6 is 11.8 Å². The molecule has 1 aromatic heterocycles. The Balaban J connectivity index is 1.29. The second-order valence-electron chi connectivity index (χ2n) is 7.00. The highest BCUT2D eigenvalue weighted by Crippen LogP contribution is 2.29. The first kappa shape index (κ1) is 17.9. The fraction of sp³-hybridized carbons (Fsp3) is 0.174. The summed E-state index contributed by atoms with van der Waals surface area (Å²) in [5.41, 5.74) is 3.12. The molecule has 0 fully saturated rings. The number of amides is 1. The van der Waals surface area contributed by atoms with E-state index in [-0.39, 0.29) is 11.7 Å². The van der Waals surface area contributed by atoms with E-state index >= 15 is 0 Å². The Morgan fingerprint density at radius 1 is 1.00 bits per heavy atom. The summed E-state index contributed by atoms with van der Waals surface area (Å²) in [6.45, 7) is 0.753. The first-order chi connectivity index (χ1) is 14.3. The van der Waals surface area contributed by atoms with Crippen molar-refractivity contribution in [2.24, 2.45) is 0 Å². The molecule has 0 saturated heterocycles. The molecule has 5 nitrogen and oxygen atoms in total. The zero-order valence-electron chi connectivity index (χ0n) is 15.7. The number of anilines is 1. The first-order valence-electron chi connectivity index (χ1n) is 9.62. The molecule has 0 unspecified atom stereocenters. The van der Waals surface area contributed by atoms with Crippen LogP contribution in [0.25, 0.3) is 22.2 Å². The van der Waals surface area contributed by atoms with Crippen molar-refractivity contribution in [3.8, 4) is 11.5 Å². The van der Waals surface area contributed by atoms with Crippen molar-refractivity contribution in [1.29, 1.82) is 0 Å². The van der Waals surface area contributed by atoms with E-state index in [0.717, 1.165) is 41.4 Å². The SMILES string of the molecule is O=C(CSc1nnc(-c2ccc3ccccc3c2)o1)N1CCCc2ccccc21. The molecule has 0 bridgehead atoms. The topological polar surface area (TPSA) is 59.2 Å². The molecule has 0 spiro atoms. The minimum atomic E-state index is 0.0626. The molecular weight excluding hydrogens is 382 g/mol. The average Bonchev–Trinajstić information content (AvgIpc) is 3.26. The Morgan fingerprint density at radius 3 is 2.76 bits per heavy atom. The third kappa shape index (κ3) is 3.63. The van der Waals surface area contributed by atoms with E-state index < -0.39 is 0 Å². The van der Waals surface area contributed by atoms with Crippen LogP contribution < -0.4 is 4.90 Å². The van der Waals surface area contributed by atoms with Crippen LogP contribution in [0.2, 0.25) is 0 Å². The van der Waals surface area contributed by atoms with Crippen molar-refractivity contribution >= 4 is 34.1 Å². The van der Waals surface area contributed by atoms with Crippen LogP contribution in [0.5, 0.6) is 0 Å². The highest BCUT2D eigenvalue weighted by molar-refractivity contribution is 7.99. The molecule has 0 radical (unpaired) electrons. The van der Waals surface area contributed by atoms with Crippen LogP contribution in [0.4, 0.5) is 5.69 Å². The second-order valence-corrected chi connectivity index (χ2v) is 7.93. The third-order valence-electron chi connectivity index (χ3n) is 5.13. The van der Waals surface area contributed by atoms with E-state index in [0.29, 0.717) is 11.1 Å². The summed E-state index contributed by atoms with van der Waals surface area (Å²) in [6, 6.07) is 22.3. The number of para-hydroxylation sites is 1. The number of aromatic nitrogens is 2. The molecule has 1 amide bonds. The lowest BCUT2D eigenvalue weighted by Crippen LogP contribution is -2.36. The minimum absolute atomic E-state index is 0.0626. The maximum absolute atomic E-state index is 12.8. The summed E-state index contributed by atoms with van der Waals surface area (Å²) < 4.78 is 5.80. The number of benzene rings is 3. The van der Waals surface area contributed by atoms with Gasteiger partial charge in [0.05, 0.1) is 5.75 Å². The molecular formula is C23H19N3O2S. The zero-order valence-corrected chi connectivity index (χ0v) is 16.6. The molecule has 1 aliphatic rings. The standard InChI is InChI=1S/C23H19N3O2S/c27-21(26-13-5-9-17-7-3-4-10-20(17)26)15-29-23-25-24-22(28-23)19-12-11-16-6-1-2-8-18(16)14-19/h1-4,6-8,10-12,14H,5,9,13,15H2. The van der Waals surface area contributed by atoms with Gasteiger partial charge < -0.3 is 9.32 Å². The molecule has 3 aromatic carbocycles. The predicted octanol–water partition coefficient (Wildman–Crippen LogP) is 4.96. The number of carbonyl (C=O) groups is 1. The summed E-state index contributed by atoms with van der Waals surface area (Å²) in [4.78, 5) is 14.6. The van der Waals surface area contributed by atoms with Crippen molar-refractivity contribution in [2.45, 2.75) is 18.1 Å². The van der Waals surface area contributed by atoms with Crippen molar-refractivity contribution < 1.29 is 9.21 Å². The highest BCUT2D eigenvalue weighted by Gasteiger charge is 2.22. The lowest BCUT2D eigenvalue weighted by Gasteiger charge is -2.29. The Morgan fingerprint density at radius 2 is 1.83 bits per heavy atom. The van der Waals surface area contributed by atoms with Gasteiger partial charge in [-0.3, -0.25) is 4.79 Å². The molecule has 29 heavy (non-hydrogen) atoms. The Bertz CT molecular complexity index is 1190. The molecule has 6 heteroatoms. The van der Waals surface area contributed by atoms with Crippen LogP contribution in [-0.2, 0) is 11.2 Å². The highest BCUT2D eigenvalue weighted by atomic mass is 32.2. The van der Waals surface area contributed by atoms with E-state index in [1.807, 2.05) is 53.4 Å². The summed E-state index contributed by atoms with van der Waals surface area (Å²) in [5.74, 6) is 0.801. The molecule has 1 aliphatic heterocycles. The van der Waals surface area contributed by atoms with Crippen LogP contribution in [0.15, 0.2) is 76.4 Å². The fourth-order valence-electron chi connectivity index (χ4n) is 3.70. The Kier molecular flexibility index (Phi) is 4.77. The second kappa shape index (κ2) is 7.72. The zero-order chi connectivity index (χ0) is 19.6. The van der Waals surface area contributed by atoms with Gasteiger partial charge in [-0.15, -0.1) is 10.2 Å². The maximum Gasteiger partial charge on any atom is 0.277 e. The monoisotopic (exact) mass is 401 g/mol. The summed E-state index contributed by atoms with van der Waals surface area (Å²) in [7, 11) is 0. The lowest BCUT2D eigenvalue weighted by atomic mass is 10.0.